The molecule has 0 radical (unpaired) electrons. The van der Waals surface area contributed by atoms with E-state index >= 15 is 0 Å². The SMILES string of the molecule is COCC1CN(C2CCC2)CC12CCN(C(=O)c1ccccc1OC)CC2. The standard InChI is InChI=1S/C22H32N2O3/c1-26-15-17-14-24(18-6-5-7-18)16-22(17)10-12-23(13-11-22)21(25)19-8-3-4-9-20(19)27-2/h3-4,8-9,17-18H,5-7,10-16H2,1-2H3. The van der Waals surface area contributed by atoms with Crippen molar-refractivity contribution in [1.82, 2.24) is 9.80 Å². The number of amides is 1. The minimum atomic E-state index is 0.0967. The summed E-state index contributed by atoms with van der Waals surface area (Å²) in [6.07, 6.45) is 6.24. The van der Waals surface area contributed by atoms with E-state index in [4.69, 9.17) is 9.47 Å². The van der Waals surface area contributed by atoms with Crippen molar-refractivity contribution in [2.24, 2.45) is 11.3 Å². The van der Waals surface area contributed by atoms with Crippen molar-refractivity contribution in [1.29, 1.82) is 0 Å². The maximum absolute atomic E-state index is 13.0. The van der Waals surface area contributed by atoms with Gasteiger partial charge in [-0.15, -0.1) is 0 Å². The normalized spacial score (nSPS) is 25.6. The third-order valence-corrected chi connectivity index (χ3v) is 7.18. The van der Waals surface area contributed by atoms with Crippen LogP contribution < -0.4 is 4.74 Å². The molecule has 1 amide bonds. The molecule has 1 aromatic carbocycles. The maximum atomic E-state index is 13.0. The van der Waals surface area contributed by atoms with Gasteiger partial charge in [-0.3, -0.25) is 9.69 Å². The van der Waals surface area contributed by atoms with Crippen molar-refractivity contribution in [3.63, 3.8) is 0 Å². The fourth-order valence-corrected chi connectivity index (χ4v) is 5.25. The van der Waals surface area contributed by atoms with E-state index in [0.29, 0.717) is 22.6 Å². The van der Waals surface area contributed by atoms with Gasteiger partial charge in [0.1, 0.15) is 5.75 Å². The van der Waals surface area contributed by atoms with Gasteiger partial charge < -0.3 is 14.4 Å². The topological polar surface area (TPSA) is 42.0 Å². The molecule has 1 spiro atoms. The number of hydrogen-bond donors (Lipinski definition) is 0. The van der Waals surface area contributed by atoms with E-state index in [1.54, 1.807) is 7.11 Å². The molecular formula is C22H32N2O3. The van der Waals surface area contributed by atoms with Crippen LogP contribution in [0.2, 0.25) is 0 Å². The fraction of sp³-hybridized carbons (Fsp3) is 0.682. The van der Waals surface area contributed by atoms with Gasteiger partial charge in [-0.2, -0.15) is 0 Å². The Morgan fingerprint density at radius 1 is 1.19 bits per heavy atom. The number of rotatable bonds is 5. The fourth-order valence-electron chi connectivity index (χ4n) is 5.25. The average Bonchev–Trinajstić information content (AvgIpc) is 2.98. The molecule has 1 unspecified atom stereocenters. The van der Waals surface area contributed by atoms with Gasteiger partial charge in [0, 0.05) is 45.2 Å². The molecule has 27 heavy (non-hydrogen) atoms. The van der Waals surface area contributed by atoms with Gasteiger partial charge in [0.25, 0.3) is 5.91 Å². The second kappa shape index (κ2) is 7.80. The molecule has 3 aliphatic rings. The second-order valence-corrected chi connectivity index (χ2v) is 8.52. The van der Waals surface area contributed by atoms with E-state index in [2.05, 4.69) is 4.90 Å². The zero-order valence-corrected chi connectivity index (χ0v) is 16.7. The van der Waals surface area contributed by atoms with Crippen LogP contribution in [0.3, 0.4) is 0 Å². The quantitative estimate of drug-likeness (QED) is 0.797. The van der Waals surface area contributed by atoms with Crippen molar-refractivity contribution in [2.75, 3.05) is 47.0 Å². The molecule has 2 saturated heterocycles. The Hall–Kier alpha value is -1.59. The van der Waals surface area contributed by atoms with Gasteiger partial charge in [-0.1, -0.05) is 18.6 Å². The average molecular weight is 373 g/mol. The van der Waals surface area contributed by atoms with Gasteiger partial charge in [0.05, 0.1) is 19.3 Å². The minimum Gasteiger partial charge on any atom is -0.496 e. The second-order valence-electron chi connectivity index (χ2n) is 8.52. The molecule has 1 saturated carbocycles. The van der Waals surface area contributed by atoms with Gasteiger partial charge >= 0.3 is 0 Å². The number of para-hydroxylation sites is 1. The largest absolute Gasteiger partial charge is 0.496 e. The van der Waals surface area contributed by atoms with E-state index in [-0.39, 0.29) is 5.91 Å². The predicted octanol–water partition coefficient (Wildman–Crippen LogP) is 3.05. The molecule has 2 heterocycles. The van der Waals surface area contributed by atoms with Crippen LogP contribution in [0.1, 0.15) is 42.5 Å². The molecule has 148 valence electrons. The Morgan fingerprint density at radius 3 is 2.56 bits per heavy atom. The lowest BCUT2D eigenvalue weighted by atomic mass is 9.71. The maximum Gasteiger partial charge on any atom is 0.257 e. The van der Waals surface area contributed by atoms with E-state index in [0.717, 1.165) is 38.6 Å². The lowest BCUT2D eigenvalue weighted by Gasteiger charge is -2.43. The first kappa shape index (κ1) is 18.8. The molecule has 0 bridgehead atoms. The summed E-state index contributed by atoms with van der Waals surface area (Å²) in [5.41, 5.74) is 0.982. The van der Waals surface area contributed by atoms with Gasteiger partial charge in [-0.05, 0) is 43.2 Å². The molecule has 4 rings (SSSR count). The Bertz CT molecular complexity index is 665. The molecule has 5 nitrogen and oxygen atoms in total. The Balaban J connectivity index is 1.44. The first-order chi connectivity index (χ1) is 13.2. The van der Waals surface area contributed by atoms with Gasteiger partial charge in [0.15, 0.2) is 0 Å². The Kier molecular flexibility index (Phi) is 5.42. The predicted molar refractivity (Wildman–Crippen MR) is 105 cm³/mol. The van der Waals surface area contributed by atoms with Gasteiger partial charge in [-0.25, -0.2) is 0 Å². The summed E-state index contributed by atoms with van der Waals surface area (Å²) in [5, 5.41) is 0. The third-order valence-electron chi connectivity index (χ3n) is 7.18. The monoisotopic (exact) mass is 372 g/mol. The number of hydrogen-bond acceptors (Lipinski definition) is 4. The van der Waals surface area contributed by atoms with Gasteiger partial charge in [0.2, 0.25) is 0 Å². The summed E-state index contributed by atoms with van der Waals surface area (Å²) in [6, 6.07) is 8.33. The Labute approximate surface area is 162 Å². The molecular weight excluding hydrogens is 340 g/mol. The highest BCUT2D eigenvalue weighted by Gasteiger charge is 2.50. The number of benzene rings is 1. The number of ether oxygens (including phenoxy) is 2. The van der Waals surface area contributed by atoms with Crippen LogP contribution in [0.4, 0.5) is 0 Å². The lowest BCUT2D eigenvalue weighted by molar-refractivity contribution is 0.0311. The van der Waals surface area contributed by atoms with Crippen LogP contribution in [-0.2, 0) is 4.74 Å². The van der Waals surface area contributed by atoms with Crippen molar-refractivity contribution in [3.05, 3.63) is 29.8 Å². The highest BCUT2D eigenvalue weighted by atomic mass is 16.5. The summed E-state index contributed by atoms with van der Waals surface area (Å²) < 4.78 is 11.0. The molecule has 0 N–H and O–H groups in total. The van der Waals surface area contributed by atoms with E-state index in [1.165, 1.54) is 32.4 Å². The lowest BCUT2D eigenvalue weighted by Crippen LogP contribution is -2.47. The summed E-state index contributed by atoms with van der Waals surface area (Å²) in [6.45, 7) is 4.84. The number of nitrogens with zero attached hydrogens (tertiary/aromatic N) is 2. The van der Waals surface area contributed by atoms with Crippen LogP contribution in [0.25, 0.3) is 0 Å². The van der Waals surface area contributed by atoms with Crippen LogP contribution in [-0.4, -0.2) is 68.8 Å². The summed E-state index contributed by atoms with van der Waals surface area (Å²) in [5.74, 6) is 1.35. The first-order valence-electron chi connectivity index (χ1n) is 10.3. The zero-order chi connectivity index (χ0) is 18.9. The van der Waals surface area contributed by atoms with Crippen LogP contribution in [0, 0.1) is 11.3 Å². The Morgan fingerprint density at radius 2 is 1.93 bits per heavy atom. The third kappa shape index (κ3) is 3.47. The first-order valence-corrected chi connectivity index (χ1v) is 10.3. The number of likely N-dealkylation sites (tertiary alicyclic amines) is 2. The number of piperidine rings is 1. The molecule has 3 fully saturated rings. The number of methoxy groups -OCH3 is 2. The van der Waals surface area contributed by atoms with Crippen molar-refractivity contribution in [2.45, 2.75) is 38.1 Å². The number of carbonyl (C=O) groups excluding carboxylic acids is 1. The van der Waals surface area contributed by atoms with Crippen molar-refractivity contribution < 1.29 is 14.3 Å². The minimum absolute atomic E-state index is 0.0967. The number of carbonyl (C=O) groups is 1. The van der Waals surface area contributed by atoms with Crippen LogP contribution >= 0.6 is 0 Å². The highest BCUT2D eigenvalue weighted by molar-refractivity contribution is 5.97. The summed E-state index contributed by atoms with van der Waals surface area (Å²) in [4.78, 5) is 17.8. The zero-order valence-electron chi connectivity index (χ0n) is 16.7. The highest BCUT2D eigenvalue weighted by Crippen LogP contribution is 2.47. The molecule has 1 aliphatic carbocycles. The molecule has 0 aromatic heterocycles. The van der Waals surface area contributed by atoms with Crippen molar-refractivity contribution >= 4 is 5.91 Å². The molecule has 5 heteroatoms. The summed E-state index contributed by atoms with van der Waals surface area (Å²) >= 11 is 0. The van der Waals surface area contributed by atoms with Crippen LogP contribution in [0.15, 0.2) is 24.3 Å². The molecule has 1 aromatic rings. The summed E-state index contributed by atoms with van der Waals surface area (Å²) in [7, 11) is 3.44. The molecule has 2 aliphatic heterocycles. The molecule has 1 atom stereocenters. The van der Waals surface area contributed by atoms with Crippen molar-refractivity contribution in [3.8, 4) is 5.75 Å². The van der Waals surface area contributed by atoms with E-state index in [1.807, 2.05) is 36.3 Å². The van der Waals surface area contributed by atoms with E-state index < -0.39 is 0 Å². The smallest absolute Gasteiger partial charge is 0.257 e. The van der Waals surface area contributed by atoms with Crippen LogP contribution in [0.5, 0.6) is 5.75 Å². The van der Waals surface area contributed by atoms with E-state index in [9.17, 15) is 4.79 Å².